The summed E-state index contributed by atoms with van der Waals surface area (Å²) in [5.74, 6) is 0. The fourth-order valence-electron chi connectivity index (χ4n) is 12.3. The van der Waals surface area contributed by atoms with Crippen LogP contribution in [0.5, 0.6) is 0 Å². The van der Waals surface area contributed by atoms with Gasteiger partial charge in [0.25, 0.3) is 0 Å². The molecule has 0 saturated carbocycles. The number of rotatable bonds is 7. The summed E-state index contributed by atoms with van der Waals surface area (Å²) in [4.78, 5) is 2.51. The quantitative estimate of drug-likeness (QED) is 0.158. The molecule has 0 N–H and O–H groups in total. The van der Waals surface area contributed by atoms with Crippen molar-refractivity contribution in [2.45, 2.75) is 24.7 Å². The second kappa shape index (κ2) is 15.4. The van der Waals surface area contributed by atoms with Crippen LogP contribution in [0, 0.1) is 0 Å². The Morgan fingerprint density at radius 2 is 0.857 bits per heavy atom. The maximum absolute atomic E-state index is 7.21. The lowest BCUT2D eigenvalue weighted by atomic mass is 9.67. The summed E-state index contributed by atoms with van der Waals surface area (Å²) in [7, 11) is 0. The Kier molecular flexibility index (Phi) is 8.88. The Labute approximate surface area is 408 Å². The summed E-state index contributed by atoms with van der Waals surface area (Å²) >= 11 is 0. The number of benzene rings is 11. The first kappa shape index (κ1) is 40.4. The van der Waals surface area contributed by atoms with Crippen molar-refractivity contribution in [1.29, 1.82) is 0 Å². The van der Waals surface area contributed by atoms with Crippen LogP contribution in [0.25, 0.3) is 77.2 Å². The van der Waals surface area contributed by atoms with Crippen LogP contribution in [-0.4, -0.2) is 0 Å². The first-order chi connectivity index (χ1) is 34.5. The minimum absolute atomic E-state index is 0.205. The molecule has 0 bridgehead atoms. The van der Waals surface area contributed by atoms with E-state index in [2.05, 4.69) is 267 Å². The number of furan rings is 1. The van der Waals surface area contributed by atoms with Crippen LogP contribution in [0.15, 0.2) is 253 Å². The van der Waals surface area contributed by atoms with Gasteiger partial charge in [0.1, 0.15) is 11.2 Å². The van der Waals surface area contributed by atoms with Crippen molar-refractivity contribution in [3.05, 3.63) is 282 Å². The van der Waals surface area contributed by atoms with Gasteiger partial charge in [-0.3, -0.25) is 0 Å². The zero-order chi connectivity index (χ0) is 46.6. The van der Waals surface area contributed by atoms with E-state index in [-0.39, 0.29) is 5.41 Å². The lowest BCUT2D eigenvalue weighted by molar-refractivity contribution is 0.660. The van der Waals surface area contributed by atoms with E-state index in [9.17, 15) is 0 Å². The monoisotopic (exact) mass is 893 g/mol. The number of hydrogen-bond donors (Lipinski definition) is 0. The van der Waals surface area contributed by atoms with Gasteiger partial charge in [0.05, 0.1) is 11.1 Å². The third kappa shape index (κ3) is 5.87. The second-order valence-corrected chi connectivity index (χ2v) is 19.6. The fourth-order valence-corrected chi connectivity index (χ4v) is 12.3. The molecule has 0 spiro atoms. The van der Waals surface area contributed by atoms with Gasteiger partial charge in [0, 0.05) is 33.1 Å². The molecule has 0 radical (unpaired) electrons. The molecule has 14 rings (SSSR count). The lowest BCUT2D eigenvalue weighted by Gasteiger charge is -2.35. The van der Waals surface area contributed by atoms with E-state index < -0.39 is 5.41 Å². The van der Waals surface area contributed by atoms with Gasteiger partial charge in [-0.15, -0.1) is 0 Å². The molecule has 0 unspecified atom stereocenters. The second-order valence-electron chi connectivity index (χ2n) is 19.6. The first-order valence-electron chi connectivity index (χ1n) is 24.4. The fraction of sp³-hybridized carbons (Fsp3) is 0.0588. The van der Waals surface area contributed by atoms with Crippen molar-refractivity contribution in [3.8, 4) is 44.5 Å². The summed E-state index contributed by atoms with van der Waals surface area (Å²) in [5, 5.41) is 4.55. The highest BCUT2D eigenvalue weighted by Crippen LogP contribution is 2.58. The van der Waals surface area contributed by atoms with E-state index in [0.717, 1.165) is 55.5 Å². The molecule has 0 saturated heterocycles. The van der Waals surface area contributed by atoms with Crippen LogP contribution >= 0.6 is 0 Å². The van der Waals surface area contributed by atoms with E-state index >= 15 is 0 Å². The van der Waals surface area contributed by atoms with Crippen LogP contribution in [0.3, 0.4) is 0 Å². The van der Waals surface area contributed by atoms with Crippen molar-refractivity contribution >= 4 is 49.8 Å². The van der Waals surface area contributed by atoms with Crippen LogP contribution < -0.4 is 4.90 Å². The summed E-state index contributed by atoms with van der Waals surface area (Å²) in [5.41, 5.74) is 21.4. The minimum atomic E-state index is -0.571. The van der Waals surface area contributed by atoms with Gasteiger partial charge >= 0.3 is 0 Å². The van der Waals surface area contributed by atoms with Crippen LogP contribution in [0.4, 0.5) is 17.1 Å². The maximum atomic E-state index is 7.21. The van der Waals surface area contributed by atoms with Gasteiger partial charge in [0.2, 0.25) is 0 Å². The lowest BCUT2D eigenvalue weighted by Crippen LogP contribution is -2.28. The topological polar surface area (TPSA) is 16.4 Å². The van der Waals surface area contributed by atoms with E-state index in [1.54, 1.807) is 0 Å². The highest BCUT2D eigenvalue weighted by Gasteiger charge is 2.46. The van der Waals surface area contributed by atoms with Gasteiger partial charge in [-0.25, -0.2) is 0 Å². The summed E-state index contributed by atoms with van der Waals surface area (Å²) in [6, 6.07) is 91.9. The molecule has 12 aromatic rings. The molecule has 0 amide bonds. The van der Waals surface area contributed by atoms with E-state index in [0.29, 0.717) is 0 Å². The summed E-state index contributed by atoms with van der Waals surface area (Å²) in [6.07, 6.45) is 0. The Hall–Kier alpha value is -8.72. The molecule has 0 atom stereocenters. The number of anilines is 3. The molecule has 0 aliphatic heterocycles. The normalized spacial score (nSPS) is 13.8. The van der Waals surface area contributed by atoms with Gasteiger partial charge in [-0.05, 0) is 132 Å². The van der Waals surface area contributed by atoms with Gasteiger partial charge in [0.15, 0.2) is 0 Å². The third-order valence-electron chi connectivity index (χ3n) is 15.5. The molecule has 2 nitrogen and oxygen atoms in total. The van der Waals surface area contributed by atoms with Gasteiger partial charge in [-0.2, -0.15) is 0 Å². The molecule has 2 aliphatic carbocycles. The molecule has 1 heterocycles. The van der Waals surface area contributed by atoms with Crippen LogP contribution in [0.1, 0.15) is 47.2 Å². The number of nitrogens with zero attached hydrogens (tertiary/aromatic N) is 1. The number of hydrogen-bond acceptors (Lipinski definition) is 2. The zero-order valence-corrected chi connectivity index (χ0v) is 39.0. The molecule has 70 heavy (non-hydrogen) atoms. The van der Waals surface area contributed by atoms with Crippen LogP contribution in [0.2, 0.25) is 0 Å². The molecule has 330 valence electrons. The standard InChI is InChI=1S/C68H47NO/c1-67(2)59-28-16-14-26-53(59)55-36-34-51(42-61(55)67)69(52-35-37-56-54-27-15-17-29-60(54)68(62(56)43-52,49-22-8-4-9-23-49)50-24-10-5-11-25-50)63-39-38-57-58-40-47-20-12-13-21-48(47)41-64(58)70-66(57)65(63)46-32-30-45(31-33-46)44-18-6-3-7-19-44/h3-43H,1-2H3. The van der Waals surface area contributed by atoms with E-state index in [1.807, 2.05) is 0 Å². The first-order valence-corrected chi connectivity index (χ1v) is 24.4. The molecular weight excluding hydrogens is 847 g/mol. The zero-order valence-electron chi connectivity index (χ0n) is 39.0. The predicted molar refractivity (Wildman–Crippen MR) is 292 cm³/mol. The average Bonchev–Trinajstić information content (AvgIpc) is 4.01. The van der Waals surface area contributed by atoms with Crippen molar-refractivity contribution in [3.63, 3.8) is 0 Å². The summed E-state index contributed by atoms with van der Waals surface area (Å²) in [6.45, 7) is 4.74. The molecule has 11 aromatic carbocycles. The van der Waals surface area contributed by atoms with Gasteiger partial charge < -0.3 is 9.32 Å². The molecular formula is C68H47NO. The number of fused-ring (bicyclic) bond motifs is 10. The predicted octanol–water partition coefficient (Wildman–Crippen LogP) is 18.2. The minimum Gasteiger partial charge on any atom is -0.455 e. The molecule has 2 aliphatic rings. The average molecular weight is 894 g/mol. The molecule has 2 heteroatoms. The van der Waals surface area contributed by atoms with E-state index in [4.69, 9.17) is 4.42 Å². The Bertz CT molecular complexity index is 3970. The van der Waals surface area contributed by atoms with Crippen LogP contribution in [-0.2, 0) is 10.8 Å². The largest absolute Gasteiger partial charge is 0.455 e. The Morgan fingerprint density at radius 1 is 0.357 bits per heavy atom. The van der Waals surface area contributed by atoms with Crippen molar-refractivity contribution in [2.24, 2.45) is 0 Å². The van der Waals surface area contributed by atoms with Crippen molar-refractivity contribution in [2.75, 3.05) is 4.90 Å². The Balaban J connectivity index is 1.08. The highest BCUT2D eigenvalue weighted by molar-refractivity contribution is 6.16. The molecule has 1 aromatic heterocycles. The van der Waals surface area contributed by atoms with Crippen molar-refractivity contribution < 1.29 is 4.42 Å². The van der Waals surface area contributed by atoms with Gasteiger partial charge in [-0.1, -0.05) is 214 Å². The summed E-state index contributed by atoms with van der Waals surface area (Å²) < 4.78 is 7.21. The maximum Gasteiger partial charge on any atom is 0.145 e. The van der Waals surface area contributed by atoms with Crippen molar-refractivity contribution in [1.82, 2.24) is 0 Å². The molecule has 0 fully saturated rings. The highest BCUT2D eigenvalue weighted by atomic mass is 16.3. The smallest absolute Gasteiger partial charge is 0.145 e. The van der Waals surface area contributed by atoms with E-state index in [1.165, 1.54) is 72.1 Å². The third-order valence-corrected chi connectivity index (χ3v) is 15.5. The SMILES string of the molecule is CC1(C)c2ccccc2-c2ccc(N(c3ccc4c(c3)C(c3ccccc3)(c3ccccc3)c3ccccc3-4)c3ccc4c(oc5cc6ccccc6cc54)c3-c3ccc(-c4ccccc4)cc3)cc21. The Morgan fingerprint density at radius 3 is 1.53 bits per heavy atom.